The van der Waals surface area contributed by atoms with Gasteiger partial charge in [-0.25, -0.2) is 0 Å². The van der Waals surface area contributed by atoms with E-state index < -0.39 is 0 Å². The van der Waals surface area contributed by atoms with Crippen molar-refractivity contribution in [2.24, 2.45) is 5.92 Å². The van der Waals surface area contributed by atoms with Gasteiger partial charge in [-0.1, -0.05) is 13.8 Å². The maximum Gasteiger partial charge on any atom is 0.168 e. The Morgan fingerprint density at radius 3 is 2.67 bits per heavy atom. The van der Waals surface area contributed by atoms with Crippen LogP contribution in [-0.4, -0.2) is 25.7 Å². The standard InChI is InChI=1S/C9H19NO2/c1-7(2)5-9(3)11-6-8(10-4)12-9/h7-8,10H,5-6H2,1-4H3. The highest BCUT2D eigenvalue weighted by Crippen LogP contribution is 2.28. The van der Waals surface area contributed by atoms with Crippen LogP contribution in [0.15, 0.2) is 0 Å². The molecule has 0 radical (unpaired) electrons. The molecule has 72 valence electrons. The molecule has 2 unspecified atom stereocenters. The van der Waals surface area contributed by atoms with Gasteiger partial charge in [-0.2, -0.15) is 0 Å². The fourth-order valence-corrected chi connectivity index (χ4v) is 1.61. The molecule has 12 heavy (non-hydrogen) atoms. The minimum absolute atomic E-state index is 0.0637. The van der Waals surface area contributed by atoms with E-state index in [2.05, 4.69) is 19.2 Å². The van der Waals surface area contributed by atoms with E-state index >= 15 is 0 Å². The van der Waals surface area contributed by atoms with E-state index in [0.29, 0.717) is 12.5 Å². The first-order valence-electron chi connectivity index (χ1n) is 4.55. The van der Waals surface area contributed by atoms with Crippen molar-refractivity contribution in [3.8, 4) is 0 Å². The molecule has 0 aliphatic carbocycles. The highest BCUT2D eigenvalue weighted by molar-refractivity contribution is 4.74. The quantitative estimate of drug-likeness (QED) is 0.698. The average molecular weight is 173 g/mol. The van der Waals surface area contributed by atoms with Crippen LogP contribution in [-0.2, 0) is 9.47 Å². The van der Waals surface area contributed by atoms with Gasteiger partial charge in [0.05, 0.1) is 6.61 Å². The lowest BCUT2D eigenvalue weighted by Crippen LogP contribution is -2.32. The summed E-state index contributed by atoms with van der Waals surface area (Å²) >= 11 is 0. The summed E-state index contributed by atoms with van der Waals surface area (Å²) in [5, 5.41) is 3.05. The molecule has 1 heterocycles. The summed E-state index contributed by atoms with van der Waals surface area (Å²) in [7, 11) is 1.88. The number of nitrogens with one attached hydrogen (secondary N) is 1. The van der Waals surface area contributed by atoms with E-state index in [9.17, 15) is 0 Å². The Hall–Kier alpha value is -0.120. The zero-order chi connectivity index (χ0) is 9.19. The monoisotopic (exact) mass is 173 g/mol. The molecule has 2 atom stereocenters. The molecule has 0 saturated carbocycles. The molecule has 1 fully saturated rings. The third-order valence-corrected chi connectivity index (χ3v) is 2.03. The maximum atomic E-state index is 5.68. The van der Waals surface area contributed by atoms with E-state index in [1.165, 1.54) is 0 Å². The topological polar surface area (TPSA) is 30.5 Å². The Morgan fingerprint density at radius 1 is 1.58 bits per heavy atom. The summed E-state index contributed by atoms with van der Waals surface area (Å²) in [5.41, 5.74) is 0. The van der Waals surface area contributed by atoms with E-state index in [4.69, 9.17) is 9.47 Å². The van der Waals surface area contributed by atoms with Crippen LogP contribution in [0.4, 0.5) is 0 Å². The average Bonchev–Trinajstić information content (AvgIpc) is 2.30. The minimum Gasteiger partial charge on any atom is -0.346 e. The Labute approximate surface area is 74.4 Å². The molecule has 1 N–H and O–H groups in total. The summed E-state index contributed by atoms with van der Waals surface area (Å²) in [5.74, 6) is 0.229. The number of ether oxygens (including phenoxy) is 2. The molecule has 1 rings (SSSR count). The molecule has 0 bridgehead atoms. The summed E-state index contributed by atoms with van der Waals surface area (Å²) < 4.78 is 11.2. The molecule has 0 spiro atoms. The SMILES string of the molecule is CNC1COC(C)(CC(C)C)O1. The van der Waals surface area contributed by atoms with Gasteiger partial charge in [-0.15, -0.1) is 0 Å². The van der Waals surface area contributed by atoms with Gasteiger partial charge in [-0.3, -0.25) is 5.32 Å². The lowest BCUT2D eigenvalue weighted by molar-refractivity contribution is -0.166. The van der Waals surface area contributed by atoms with Crippen molar-refractivity contribution in [3.05, 3.63) is 0 Å². The lowest BCUT2D eigenvalue weighted by atomic mass is 10.0. The normalized spacial score (nSPS) is 36.2. The second-order valence-corrected chi connectivity index (χ2v) is 3.94. The van der Waals surface area contributed by atoms with Gasteiger partial charge in [0, 0.05) is 6.42 Å². The van der Waals surface area contributed by atoms with Crippen LogP contribution < -0.4 is 5.32 Å². The predicted molar refractivity (Wildman–Crippen MR) is 47.7 cm³/mol. The summed E-state index contributed by atoms with van der Waals surface area (Å²) in [6, 6.07) is 0. The molecular formula is C9H19NO2. The molecule has 0 aromatic carbocycles. The molecule has 0 aromatic heterocycles. The van der Waals surface area contributed by atoms with Crippen molar-refractivity contribution in [3.63, 3.8) is 0 Å². The Balaban J connectivity index is 2.41. The maximum absolute atomic E-state index is 5.68. The first-order valence-corrected chi connectivity index (χ1v) is 4.55. The molecular weight excluding hydrogens is 154 g/mol. The van der Waals surface area contributed by atoms with Gasteiger partial charge in [0.25, 0.3) is 0 Å². The minimum atomic E-state index is -0.373. The van der Waals surface area contributed by atoms with Crippen LogP contribution in [0, 0.1) is 5.92 Å². The van der Waals surface area contributed by atoms with Gasteiger partial charge < -0.3 is 9.47 Å². The van der Waals surface area contributed by atoms with E-state index in [1.54, 1.807) is 0 Å². The second kappa shape index (κ2) is 3.73. The molecule has 3 heteroatoms. The first kappa shape index (κ1) is 9.96. The van der Waals surface area contributed by atoms with Crippen LogP contribution in [0.25, 0.3) is 0 Å². The first-order chi connectivity index (χ1) is 5.56. The fraction of sp³-hybridized carbons (Fsp3) is 1.00. The number of rotatable bonds is 3. The molecule has 1 aliphatic rings. The Bertz CT molecular complexity index is 149. The van der Waals surface area contributed by atoms with Crippen molar-refractivity contribution in [2.45, 2.75) is 39.2 Å². The molecule has 1 saturated heterocycles. The van der Waals surface area contributed by atoms with Crippen molar-refractivity contribution in [1.29, 1.82) is 0 Å². The van der Waals surface area contributed by atoms with Crippen LogP contribution >= 0.6 is 0 Å². The van der Waals surface area contributed by atoms with Crippen molar-refractivity contribution in [1.82, 2.24) is 5.32 Å². The molecule has 0 amide bonds. The third kappa shape index (κ3) is 2.44. The van der Waals surface area contributed by atoms with Crippen LogP contribution in [0.3, 0.4) is 0 Å². The summed E-state index contributed by atoms with van der Waals surface area (Å²) in [4.78, 5) is 0. The van der Waals surface area contributed by atoms with Crippen molar-refractivity contribution < 1.29 is 9.47 Å². The number of hydrogen-bond donors (Lipinski definition) is 1. The van der Waals surface area contributed by atoms with Gasteiger partial charge in [0.2, 0.25) is 0 Å². The summed E-state index contributed by atoms with van der Waals surface area (Å²) in [6.45, 7) is 7.00. The van der Waals surface area contributed by atoms with Crippen LogP contribution in [0.2, 0.25) is 0 Å². The molecule has 0 aromatic rings. The Morgan fingerprint density at radius 2 is 2.25 bits per heavy atom. The van der Waals surface area contributed by atoms with Gasteiger partial charge in [-0.05, 0) is 19.9 Å². The highest BCUT2D eigenvalue weighted by atomic mass is 16.7. The zero-order valence-electron chi connectivity index (χ0n) is 8.39. The second-order valence-electron chi connectivity index (χ2n) is 3.94. The zero-order valence-corrected chi connectivity index (χ0v) is 8.39. The van der Waals surface area contributed by atoms with Crippen molar-refractivity contribution in [2.75, 3.05) is 13.7 Å². The predicted octanol–water partition coefficient (Wildman–Crippen LogP) is 1.34. The molecule has 1 aliphatic heterocycles. The van der Waals surface area contributed by atoms with Crippen LogP contribution in [0.1, 0.15) is 27.2 Å². The van der Waals surface area contributed by atoms with Crippen molar-refractivity contribution >= 4 is 0 Å². The molecule has 3 nitrogen and oxygen atoms in total. The van der Waals surface area contributed by atoms with Gasteiger partial charge in [0.15, 0.2) is 5.79 Å². The fourth-order valence-electron chi connectivity index (χ4n) is 1.61. The van der Waals surface area contributed by atoms with E-state index in [1.807, 2.05) is 14.0 Å². The largest absolute Gasteiger partial charge is 0.346 e. The third-order valence-electron chi connectivity index (χ3n) is 2.03. The highest BCUT2D eigenvalue weighted by Gasteiger charge is 2.36. The number of hydrogen-bond acceptors (Lipinski definition) is 3. The smallest absolute Gasteiger partial charge is 0.168 e. The Kier molecular flexibility index (Phi) is 3.09. The van der Waals surface area contributed by atoms with Gasteiger partial charge >= 0.3 is 0 Å². The van der Waals surface area contributed by atoms with Crippen LogP contribution in [0.5, 0.6) is 0 Å². The lowest BCUT2D eigenvalue weighted by Gasteiger charge is -2.24. The van der Waals surface area contributed by atoms with Gasteiger partial charge in [0.1, 0.15) is 6.23 Å². The van der Waals surface area contributed by atoms with E-state index in [-0.39, 0.29) is 12.0 Å². The van der Waals surface area contributed by atoms with E-state index in [0.717, 1.165) is 6.42 Å². The number of likely N-dealkylation sites (N-methyl/N-ethyl adjacent to an activating group) is 1. The summed E-state index contributed by atoms with van der Waals surface area (Å²) in [6.07, 6.45) is 1.01.